The Balaban J connectivity index is 2.55. The molecule has 4 nitrogen and oxygen atoms in total. The van der Waals surface area contributed by atoms with Gasteiger partial charge in [-0.1, -0.05) is 22.9 Å². The summed E-state index contributed by atoms with van der Waals surface area (Å²) in [7, 11) is 1.66. The Bertz CT molecular complexity index is 539. The van der Waals surface area contributed by atoms with Crippen molar-refractivity contribution in [3.63, 3.8) is 0 Å². The predicted molar refractivity (Wildman–Crippen MR) is 75.0 cm³/mol. The molecular formula is C13H16BrN3O. The van der Waals surface area contributed by atoms with Gasteiger partial charge in [0, 0.05) is 10.5 Å². The van der Waals surface area contributed by atoms with Crippen LogP contribution in [0, 0.1) is 0 Å². The average molecular weight is 310 g/mol. The number of methoxy groups -OCH3 is 1. The van der Waals surface area contributed by atoms with Crippen molar-refractivity contribution in [3.8, 4) is 11.4 Å². The van der Waals surface area contributed by atoms with E-state index in [-0.39, 0.29) is 6.04 Å². The summed E-state index contributed by atoms with van der Waals surface area (Å²) in [6.45, 7) is 2.06. The lowest BCUT2D eigenvalue weighted by Crippen LogP contribution is -2.13. The van der Waals surface area contributed by atoms with E-state index in [9.17, 15) is 0 Å². The van der Waals surface area contributed by atoms with Crippen LogP contribution in [0.5, 0.6) is 5.75 Å². The van der Waals surface area contributed by atoms with Gasteiger partial charge in [-0.2, -0.15) is 0 Å². The Morgan fingerprint density at radius 2 is 2.28 bits per heavy atom. The van der Waals surface area contributed by atoms with Crippen LogP contribution < -0.4 is 10.5 Å². The number of hydrogen-bond donors (Lipinski definition) is 1. The molecule has 5 heteroatoms. The summed E-state index contributed by atoms with van der Waals surface area (Å²) in [6, 6.07) is 5.82. The summed E-state index contributed by atoms with van der Waals surface area (Å²) >= 11 is 3.47. The highest BCUT2D eigenvalue weighted by molar-refractivity contribution is 9.10. The summed E-state index contributed by atoms with van der Waals surface area (Å²) in [5.41, 5.74) is 8.01. The van der Waals surface area contributed by atoms with Crippen LogP contribution in [0.1, 0.15) is 25.1 Å². The summed E-state index contributed by atoms with van der Waals surface area (Å²) in [5, 5.41) is 0. The van der Waals surface area contributed by atoms with E-state index in [1.165, 1.54) is 0 Å². The van der Waals surface area contributed by atoms with Gasteiger partial charge in [-0.05, 0) is 24.6 Å². The molecule has 0 aliphatic carbocycles. The monoisotopic (exact) mass is 309 g/mol. The van der Waals surface area contributed by atoms with Crippen LogP contribution in [0.3, 0.4) is 0 Å². The maximum Gasteiger partial charge on any atom is 0.142 e. The quantitative estimate of drug-likeness (QED) is 0.944. The number of aromatic nitrogens is 2. The highest BCUT2D eigenvalue weighted by Gasteiger charge is 2.14. The summed E-state index contributed by atoms with van der Waals surface area (Å²) in [4.78, 5) is 4.18. The number of nitrogens with zero attached hydrogens (tertiary/aromatic N) is 2. The minimum Gasteiger partial charge on any atom is -0.495 e. The molecule has 2 rings (SSSR count). The van der Waals surface area contributed by atoms with E-state index < -0.39 is 0 Å². The zero-order chi connectivity index (χ0) is 13.1. The Morgan fingerprint density at radius 3 is 2.94 bits per heavy atom. The molecule has 0 saturated carbocycles. The summed E-state index contributed by atoms with van der Waals surface area (Å²) < 4.78 is 8.34. The van der Waals surface area contributed by atoms with Crippen molar-refractivity contribution in [2.45, 2.75) is 19.4 Å². The Kier molecular flexibility index (Phi) is 4.04. The van der Waals surface area contributed by atoms with E-state index in [1.54, 1.807) is 19.6 Å². The molecule has 96 valence electrons. The number of rotatable bonds is 4. The SMILES string of the molecule is CC[C@@H](N)c1cncn1-c1cc(Br)ccc1OC. The van der Waals surface area contributed by atoms with E-state index in [1.807, 2.05) is 22.8 Å². The van der Waals surface area contributed by atoms with Gasteiger partial charge in [0.2, 0.25) is 0 Å². The molecule has 0 fully saturated rings. The second-order valence-electron chi connectivity index (χ2n) is 4.02. The summed E-state index contributed by atoms with van der Waals surface area (Å²) in [6.07, 6.45) is 4.42. The first kappa shape index (κ1) is 13.1. The highest BCUT2D eigenvalue weighted by atomic mass is 79.9. The number of halogens is 1. The number of nitrogens with two attached hydrogens (primary N) is 1. The molecule has 0 spiro atoms. The molecule has 0 amide bonds. The Morgan fingerprint density at radius 1 is 1.50 bits per heavy atom. The smallest absolute Gasteiger partial charge is 0.142 e. The van der Waals surface area contributed by atoms with Crippen LogP contribution in [0.25, 0.3) is 5.69 Å². The molecule has 2 aromatic rings. The van der Waals surface area contributed by atoms with Crippen molar-refractivity contribution in [3.05, 3.63) is 40.9 Å². The van der Waals surface area contributed by atoms with Crippen LogP contribution in [-0.2, 0) is 0 Å². The molecule has 1 aromatic carbocycles. The molecule has 2 N–H and O–H groups in total. The van der Waals surface area contributed by atoms with Crippen LogP contribution in [0.2, 0.25) is 0 Å². The van der Waals surface area contributed by atoms with Crippen molar-refractivity contribution in [2.75, 3.05) is 7.11 Å². The number of benzene rings is 1. The van der Waals surface area contributed by atoms with Gasteiger partial charge in [-0.15, -0.1) is 0 Å². The van der Waals surface area contributed by atoms with Gasteiger partial charge in [-0.3, -0.25) is 4.57 Å². The number of hydrogen-bond acceptors (Lipinski definition) is 3. The second kappa shape index (κ2) is 5.54. The average Bonchev–Trinajstić information content (AvgIpc) is 2.86. The topological polar surface area (TPSA) is 53.1 Å². The standard InChI is InChI=1S/C13H16BrN3O/c1-3-10(15)12-7-16-8-17(12)11-6-9(14)4-5-13(11)18-2/h4-8,10H,3,15H2,1-2H3/t10-/m1/s1. The molecule has 0 aliphatic heterocycles. The fourth-order valence-corrected chi connectivity index (χ4v) is 2.19. The number of ether oxygens (including phenoxy) is 1. The van der Waals surface area contributed by atoms with Crippen molar-refractivity contribution in [1.82, 2.24) is 9.55 Å². The van der Waals surface area contributed by atoms with Gasteiger partial charge in [0.05, 0.1) is 31.0 Å². The van der Waals surface area contributed by atoms with E-state index in [4.69, 9.17) is 10.5 Å². The zero-order valence-corrected chi connectivity index (χ0v) is 12.0. The molecule has 0 radical (unpaired) electrons. The van der Waals surface area contributed by atoms with Crippen molar-refractivity contribution in [1.29, 1.82) is 0 Å². The minimum atomic E-state index is -0.0313. The minimum absolute atomic E-state index is 0.0313. The molecular weight excluding hydrogens is 294 g/mol. The molecule has 18 heavy (non-hydrogen) atoms. The molecule has 0 bridgehead atoms. The van der Waals surface area contributed by atoms with Gasteiger partial charge < -0.3 is 10.5 Å². The second-order valence-corrected chi connectivity index (χ2v) is 4.94. The highest BCUT2D eigenvalue weighted by Crippen LogP contribution is 2.29. The lowest BCUT2D eigenvalue weighted by Gasteiger charge is -2.15. The fourth-order valence-electron chi connectivity index (χ4n) is 1.84. The Labute approximate surface area is 115 Å². The largest absolute Gasteiger partial charge is 0.495 e. The molecule has 1 aromatic heterocycles. The number of imidazole rings is 1. The maximum atomic E-state index is 6.09. The Hall–Kier alpha value is -1.33. The maximum absolute atomic E-state index is 6.09. The van der Waals surface area contributed by atoms with Gasteiger partial charge in [0.15, 0.2) is 0 Å². The lowest BCUT2D eigenvalue weighted by atomic mass is 10.1. The third kappa shape index (κ3) is 2.42. The van der Waals surface area contributed by atoms with Crippen LogP contribution >= 0.6 is 15.9 Å². The van der Waals surface area contributed by atoms with Gasteiger partial charge in [0.1, 0.15) is 5.75 Å². The fraction of sp³-hybridized carbons (Fsp3) is 0.308. The van der Waals surface area contributed by atoms with Gasteiger partial charge in [0.25, 0.3) is 0 Å². The van der Waals surface area contributed by atoms with Crippen LogP contribution in [0.4, 0.5) is 0 Å². The molecule has 0 aliphatic rings. The van der Waals surface area contributed by atoms with Gasteiger partial charge >= 0.3 is 0 Å². The molecule has 1 atom stereocenters. The first-order chi connectivity index (χ1) is 8.67. The summed E-state index contributed by atoms with van der Waals surface area (Å²) in [5.74, 6) is 0.792. The first-order valence-corrected chi connectivity index (χ1v) is 6.58. The predicted octanol–water partition coefficient (Wildman–Crippen LogP) is 3.05. The van der Waals surface area contributed by atoms with E-state index >= 15 is 0 Å². The zero-order valence-electron chi connectivity index (χ0n) is 10.4. The molecule has 0 unspecified atom stereocenters. The third-order valence-electron chi connectivity index (χ3n) is 2.89. The first-order valence-electron chi connectivity index (χ1n) is 5.79. The van der Waals surface area contributed by atoms with Crippen molar-refractivity contribution < 1.29 is 4.74 Å². The van der Waals surface area contributed by atoms with E-state index in [2.05, 4.69) is 27.8 Å². The van der Waals surface area contributed by atoms with Crippen molar-refractivity contribution in [2.24, 2.45) is 5.73 Å². The van der Waals surface area contributed by atoms with Gasteiger partial charge in [-0.25, -0.2) is 4.98 Å². The lowest BCUT2D eigenvalue weighted by molar-refractivity contribution is 0.412. The van der Waals surface area contributed by atoms with Crippen molar-refractivity contribution >= 4 is 15.9 Å². The van der Waals surface area contributed by atoms with Crippen LogP contribution in [0.15, 0.2) is 35.2 Å². The third-order valence-corrected chi connectivity index (χ3v) is 3.38. The van der Waals surface area contributed by atoms with E-state index in [0.29, 0.717) is 0 Å². The normalized spacial score (nSPS) is 12.4. The molecule has 1 heterocycles. The molecule has 0 saturated heterocycles. The van der Waals surface area contributed by atoms with Crippen LogP contribution in [-0.4, -0.2) is 16.7 Å². The van der Waals surface area contributed by atoms with E-state index in [0.717, 1.165) is 28.0 Å².